The van der Waals surface area contributed by atoms with Crippen LogP contribution in [0, 0.1) is 5.92 Å². The van der Waals surface area contributed by atoms with Crippen molar-refractivity contribution < 1.29 is 13.2 Å². The minimum Gasteiger partial charge on any atom is -0.307 e. The van der Waals surface area contributed by atoms with Crippen LogP contribution in [0.15, 0.2) is 12.4 Å². The van der Waals surface area contributed by atoms with E-state index >= 15 is 0 Å². The third-order valence-electron chi connectivity index (χ3n) is 3.67. The van der Waals surface area contributed by atoms with Crippen LogP contribution in [0.3, 0.4) is 0 Å². The average Bonchev–Trinajstić information content (AvgIpc) is 2.81. The number of halogens is 3. The fraction of sp³-hybridized carbons (Fsp3) is 0.750. The van der Waals surface area contributed by atoms with Gasteiger partial charge in [-0.25, -0.2) is 0 Å². The summed E-state index contributed by atoms with van der Waals surface area (Å²) in [7, 11) is 0. The Hall–Kier alpha value is -1.04. The minimum absolute atomic E-state index is 0.114. The van der Waals surface area contributed by atoms with E-state index in [1.54, 1.807) is 12.4 Å². The Balaban J connectivity index is 2.01. The Morgan fingerprint density at radius 2 is 2.11 bits per heavy atom. The van der Waals surface area contributed by atoms with Crippen molar-refractivity contribution in [3.05, 3.63) is 18.0 Å². The van der Waals surface area contributed by atoms with E-state index in [1.807, 2.05) is 6.92 Å². The summed E-state index contributed by atoms with van der Waals surface area (Å²) in [6, 6.07) is -0.597. The second-order valence-electron chi connectivity index (χ2n) is 4.96. The molecule has 2 rings (SSSR count). The second-order valence-corrected chi connectivity index (χ2v) is 4.96. The normalized spacial score (nSPS) is 27.1. The summed E-state index contributed by atoms with van der Waals surface area (Å²) >= 11 is 0. The molecule has 6 heteroatoms. The largest absolute Gasteiger partial charge is 0.393 e. The molecule has 0 amide bonds. The zero-order valence-electron chi connectivity index (χ0n) is 10.3. The molecule has 0 aliphatic heterocycles. The van der Waals surface area contributed by atoms with E-state index in [4.69, 9.17) is 0 Å². The van der Waals surface area contributed by atoms with Gasteiger partial charge in [0.05, 0.1) is 12.1 Å². The molecule has 0 saturated heterocycles. The van der Waals surface area contributed by atoms with Crippen LogP contribution in [0.25, 0.3) is 0 Å². The first-order chi connectivity index (χ1) is 8.48. The molecule has 3 unspecified atom stereocenters. The highest BCUT2D eigenvalue weighted by Gasteiger charge is 2.45. The lowest BCUT2D eigenvalue weighted by atomic mass is 9.83. The number of rotatable bonds is 3. The average molecular weight is 261 g/mol. The zero-order valence-corrected chi connectivity index (χ0v) is 10.3. The van der Waals surface area contributed by atoms with Gasteiger partial charge in [0.1, 0.15) is 0 Å². The molecule has 2 N–H and O–H groups in total. The van der Waals surface area contributed by atoms with Crippen LogP contribution in [0.1, 0.15) is 44.2 Å². The predicted octanol–water partition coefficient (Wildman–Crippen LogP) is 3.18. The van der Waals surface area contributed by atoms with Gasteiger partial charge in [0.15, 0.2) is 0 Å². The first-order valence-corrected chi connectivity index (χ1v) is 6.30. The fourth-order valence-electron chi connectivity index (χ4n) is 2.64. The van der Waals surface area contributed by atoms with Gasteiger partial charge >= 0.3 is 6.18 Å². The highest BCUT2D eigenvalue weighted by molar-refractivity contribution is 5.08. The number of aromatic amines is 1. The van der Waals surface area contributed by atoms with Crippen molar-refractivity contribution in [1.82, 2.24) is 15.5 Å². The third-order valence-corrected chi connectivity index (χ3v) is 3.67. The Morgan fingerprint density at radius 3 is 2.72 bits per heavy atom. The smallest absolute Gasteiger partial charge is 0.307 e. The Labute approximate surface area is 104 Å². The van der Waals surface area contributed by atoms with Crippen LogP contribution < -0.4 is 5.32 Å². The van der Waals surface area contributed by atoms with Crippen molar-refractivity contribution >= 4 is 0 Å². The van der Waals surface area contributed by atoms with Gasteiger partial charge in [-0.15, -0.1) is 0 Å². The molecule has 1 heterocycles. The number of hydrogen-bond donors (Lipinski definition) is 2. The lowest BCUT2D eigenvalue weighted by Gasteiger charge is -2.35. The molecule has 0 spiro atoms. The van der Waals surface area contributed by atoms with Crippen molar-refractivity contribution in [2.45, 2.75) is 50.9 Å². The van der Waals surface area contributed by atoms with E-state index in [2.05, 4.69) is 15.5 Å². The molecule has 1 fully saturated rings. The van der Waals surface area contributed by atoms with Gasteiger partial charge in [0.2, 0.25) is 0 Å². The maximum atomic E-state index is 12.9. The summed E-state index contributed by atoms with van der Waals surface area (Å²) in [6.45, 7) is 1.87. The summed E-state index contributed by atoms with van der Waals surface area (Å²) in [5, 5.41) is 9.59. The van der Waals surface area contributed by atoms with Gasteiger partial charge in [-0.2, -0.15) is 18.3 Å². The zero-order chi connectivity index (χ0) is 13.2. The van der Waals surface area contributed by atoms with Crippen LogP contribution in [-0.2, 0) is 0 Å². The highest BCUT2D eigenvalue weighted by Crippen LogP contribution is 2.38. The summed E-state index contributed by atoms with van der Waals surface area (Å²) in [6.07, 6.45) is 1.61. The molecule has 0 bridgehead atoms. The van der Waals surface area contributed by atoms with E-state index in [0.717, 1.165) is 12.0 Å². The first-order valence-electron chi connectivity index (χ1n) is 6.30. The van der Waals surface area contributed by atoms with Crippen LogP contribution in [0.2, 0.25) is 0 Å². The van der Waals surface area contributed by atoms with E-state index in [-0.39, 0.29) is 12.5 Å². The lowest BCUT2D eigenvalue weighted by Crippen LogP contribution is -2.46. The molecule has 1 aliphatic carbocycles. The Kier molecular flexibility index (Phi) is 3.94. The fourth-order valence-corrected chi connectivity index (χ4v) is 2.64. The second kappa shape index (κ2) is 5.30. The Bertz CT molecular complexity index is 361. The monoisotopic (exact) mass is 261 g/mol. The van der Waals surface area contributed by atoms with Gasteiger partial charge in [-0.05, 0) is 19.8 Å². The predicted molar refractivity (Wildman–Crippen MR) is 61.9 cm³/mol. The standard InChI is InChI=1S/C12H18F3N3/c1-8(9-6-16-17-7-9)18-11-5-3-2-4-10(11)12(13,14)15/h6-8,10-11,18H,2-5H2,1H3,(H,16,17). The molecule has 102 valence electrons. The van der Waals surface area contributed by atoms with Crippen LogP contribution >= 0.6 is 0 Å². The minimum atomic E-state index is -4.10. The van der Waals surface area contributed by atoms with Crippen molar-refractivity contribution in [2.24, 2.45) is 5.92 Å². The maximum Gasteiger partial charge on any atom is 0.393 e. The molecule has 0 aromatic carbocycles. The molecule has 0 radical (unpaired) electrons. The number of hydrogen-bond acceptors (Lipinski definition) is 2. The number of nitrogens with one attached hydrogen (secondary N) is 2. The number of nitrogens with zero attached hydrogens (tertiary/aromatic N) is 1. The van der Waals surface area contributed by atoms with Crippen LogP contribution in [-0.4, -0.2) is 22.4 Å². The Morgan fingerprint density at radius 1 is 1.39 bits per heavy atom. The topological polar surface area (TPSA) is 40.7 Å². The van der Waals surface area contributed by atoms with Crippen LogP contribution in [0.5, 0.6) is 0 Å². The molecule has 1 aromatic rings. The van der Waals surface area contributed by atoms with Gasteiger partial charge in [0, 0.05) is 23.8 Å². The molecule has 18 heavy (non-hydrogen) atoms. The van der Waals surface area contributed by atoms with Gasteiger partial charge < -0.3 is 5.32 Å². The van der Waals surface area contributed by atoms with Gasteiger partial charge in [-0.3, -0.25) is 5.10 Å². The molecular weight excluding hydrogens is 243 g/mol. The number of aromatic nitrogens is 2. The number of alkyl halides is 3. The molecule has 3 nitrogen and oxygen atoms in total. The van der Waals surface area contributed by atoms with Crippen LogP contribution in [0.4, 0.5) is 13.2 Å². The van der Waals surface area contributed by atoms with Gasteiger partial charge in [0.25, 0.3) is 0 Å². The third kappa shape index (κ3) is 3.04. The van der Waals surface area contributed by atoms with E-state index in [1.165, 1.54) is 0 Å². The summed E-state index contributed by atoms with van der Waals surface area (Å²) in [5.41, 5.74) is 0.890. The van der Waals surface area contributed by atoms with E-state index in [9.17, 15) is 13.2 Å². The summed E-state index contributed by atoms with van der Waals surface area (Å²) in [5.74, 6) is -1.22. The lowest BCUT2D eigenvalue weighted by molar-refractivity contribution is -0.189. The van der Waals surface area contributed by atoms with E-state index < -0.39 is 18.1 Å². The molecule has 1 aliphatic rings. The first kappa shape index (κ1) is 13.4. The van der Waals surface area contributed by atoms with Crippen molar-refractivity contribution in [1.29, 1.82) is 0 Å². The van der Waals surface area contributed by atoms with E-state index in [0.29, 0.717) is 12.8 Å². The summed E-state index contributed by atoms with van der Waals surface area (Å²) < 4.78 is 38.8. The van der Waals surface area contributed by atoms with Crippen molar-refractivity contribution in [3.63, 3.8) is 0 Å². The summed E-state index contributed by atoms with van der Waals surface area (Å²) in [4.78, 5) is 0. The SMILES string of the molecule is CC(NC1CCCCC1C(F)(F)F)c1cn[nH]c1. The van der Waals surface area contributed by atoms with Crippen molar-refractivity contribution in [3.8, 4) is 0 Å². The highest BCUT2D eigenvalue weighted by atomic mass is 19.4. The quantitative estimate of drug-likeness (QED) is 0.877. The molecule has 1 saturated carbocycles. The van der Waals surface area contributed by atoms with Gasteiger partial charge in [-0.1, -0.05) is 12.8 Å². The maximum absolute atomic E-state index is 12.9. The molecule has 1 aromatic heterocycles. The number of H-pyrrole nitrogens is 1. The molecule has 3 atom stereocenters. The van der Waals surface area contributed by atoms with Crippen molar-refractivity contribution in [2.75, 3.05) is 0 Å². The molecular formula is C12H18F3N3.